The largest absolute Gasteiger partial charge is 0.380 e. The van der Waals surface area contributed by atoms with E-state index in [0.29, 0.717) is 19.8 Å². The fraction of sp³-hybridized carbons (Fsp3) is 0.583. The highest BCUT2D eigenvalue weighted by Gasteiger charge is 2.38. The van der Waals surface area contributed by atoms with Gasteiger partial charge in [0.2, 0.25) is 0 Å². The van der Waals surface area contributed by atoms with Crippen LogP contribution in [0.15, 0.2) is 16.7 Å². The third-order valence-electron chi connectivity index (χ3n) is 3.01. The van der Waals surface area contributed by atoms with Gasteiger partial charge >= 0.3 is 0 Å². The van der Waals surface area contributed by atoms with E-state index in [1.165, 1.54) is 0 Å². The monoisotopic (exact) mass is 301 g/mol. The molecule has 1 aromatic rings. The maximum absolute atomic E-state index is 5.62. The number of halogens is 1. The van der Waals surface area contributed by atoms with Gasteiger partial charge in [0.05, 0.1) is 18.9 Å². The average molecular weight is 302 g/mol. The van der Waals surface area contributed by atoms with Crippen molar-refractivity contribution in [3.05, 3.63) is 28.0 Å². The second kappa shape index (κ2) is 5.44. The van der Waals surface area contributed by atoms with E-state index in [1.54, 1.807) is 14.2 Å². The molecule has 2 rings (SSSR count). The number of pyridine rings is 1. The molecule has 0 spiro atoms. The molecule has 1 aliphatic rings. The van der Waals surface area contributed by atoms with E-state index < -0.39 is 5.60 Å². The minimum absolute atomic E-state index is 0.410. The van der Waals surface area contributed by atoms with Crippen LogP contribution >= 0.6 is 15.9 Å². The molecule has 0 N–H and O–H groups in total. The van der Waals surface area contributed by atoms with Gasteiger partial charge in [-0.3, -0.25) is 0 Å². The lowest BCUT2D eigenvalue weighted by Crippen LogP contribution is -2.30. The Kier molecular flexibility index (Phi) is 4.14. The zero-order valence-electron chi connectivity index (χ0n) is 10.0. The SMILES string of the molecule is COCc1cc(Br)nc(C2(OC)CCOC2)c1. The summed E-state index contributed by atoms with van der Waals surface area (Å²) in [6.07, 6.45) is 0.833. The Morgan fingerprint density at radius 1 is 1.47 bits per heavy atom. The van der Waals surface area contributed by atoms with E-state index in [2.05, 4.69) is 20.9 Å². The summed E-state index contributed by atoms with van der Waals surface area (Å²) < 4.78 is 17.0. The molecule has 0 radical (unpaired) electrons. The molecule has 4 nitrogen and oxygen atoms in total. The van der Waals surface area contributed by atoms with Crippen molar-refractivity contribution in [3.63, 3.8) is 0 Å². The van der Waals surface area contributed by atoms with Gasteiger partial charge in [0.25, 0.3) is 0 Å². The van der Waals surface area contributed by atoms with Crippen LogP contribution in [0.5, 0.6) is 0 Å². The summed E-state index contributed by atoms with van der Waals surface area (Å²) in [4.78, 5) is 4.50. The van der Waals surface area contributed by atoms with Gasteiger partial charge in [0.1, 0.15) is 10.2 Å². The van der Waals surface area contributed by atoms with E-state index in [-0.39, 0.29) is 0 Å². The molecule has 0 saturated carbocycles. The molecule has 17 heavy (non-hydrogen) atoms. The highest BCUT2D eigenvalue weighted by atomic mass is 79.9. The molecular formula is C12H16BrNO3. The van der Waals surface area contributed by atoms with Crippen molar-refractivity contribution >= 4 is 15.9 Å². The zero-order chi connectivity index (χ0) is 12.3. The maximum Gasteiger partial charge on any atom is 0.135 e. The third kappa shape index (κ3) is 2.68. The summed E-state index contributed by atoms with van der Waals surface area (Å²) in [6, 6.07) is 3.97. The summed E-state index contributed by atoms with van der Waals surface area (Å²) in [5.41, 5.74) is 1.57. The van der Waals surface area contributed by atoms with Crippen molar-refractivity contribution in [3.8, 4) is 0 Å². The standard InChI is InChI=1S/C12H16BrNO3/c1-15-7-9-5-10(14-11(13)6-9)12(16-2)3-4-17-8-12/h5-6H,3-4,7-8H2,1-2H3. The predicted octanol–water partition coefficient (Wildman–Crippen LogP) is 2.25. The molecule has 1 unspecified atom stereocenters. The van der Waals surface area contributed by atoms with Gasteiger partial charge in [-0.05, 0) is 33.6 Å². The first kappa shape index (κ1) is 13.0. The topological polar surface area (TPSA) is 40.6 Å². The average Bonchev–Trinajstić information content (AvgIpc) is 2.78. The van der Waals surface area contributed by atoms with Crippen LogP contribution in [0.2, 0.25) is 0 Å². The van der Waals surface area contributed by atoms with Gasteiger partial charge in [0.15, 0.2) is 0 Å². The van der Waals surface area contributed by atoms with Crippen LogP contribution < -0.4 is 0 Å². The van der Waals surface area contributed by atoms with Crippen molar-refractivity contribution in [1.82, 2.24) is 4.98 Å². The van der Waals surface area contributed by atoms with Gasteiger partial charge < -0.3 is 14.2 Å². The Bertz CT molecular complexity index is 391. The van der Waals surface area contributed by atoms with E-state index >= 15 is 0 Å². The molecule has 0 bridgehead atoms. The van der Waals surface area contributed by atoms with Gasteiger partial charge in [-0.15, -0.1) is 0 Å². The highest BCUT2D eigenvalue weighted by Crippen LogP contribution is 2.34. The first-order chi connectivity index (χ1) is 8.20. The van der Waals surface area contributed by atoms with Crippen LogP contribution in [0.4, 0.5) is 0 Å². The summed E-state index contributed by atoms with van der Waals surface area (Å²) in [7, 11) is 3.38. The molecule has 1 aromatic heterocycles. The molecule has 1 atom stereocenters. The second-order valence-corrected chi connectivity index (χ2v) is 4.93. The van der Waals surface area contributed by atoms with Gasteiger partial charge in [-0.2, -0.15) is 0 Å². The number of methoxy groups -OCH3 is 2. The fourth-order valence-corrected chi connectivity index (χ4v) is 2.53. The van der Waals surface area contributed by atoms with Crippen molar-refractivity contribution in [2.75, 3.05) is 27.4 Å². The first-order valence-electron chi connectivity index (χ1n) is 5.49. The Hall–Kier alpha value is -0.490. The molecule has 0 amide bonds. The van der Waals surface area contributed by atoms with Crippen LogP contribution in [0.25, 0.3) is 0 Å². The van der Waals surface area contributed by atoms with Crippen molar-refractivity contribution in [2.45, 2.75) is 18.6 Å². The highest BCUT2D eigenvalue weighted by molar-refractivity contribution is 9.10. The summed E-state index contributed by atoms with van der Waals surface area (Å²) in [6.45, 7) is 1.83. The van der Waals surface area contributed by atoms with E-state index in [4.69, 9.17) is 14.2 Å². The Balaban J connectivity index is 2.36. The lowest BCUT2D eigenvalue weighted by Gasteiger charge is -2.25. The number of nitrogens with zero attached hydrogens (tertiary/aromatic N) is 1. The molecule has 0 aliphatic carbocycles. The summed E-state index contributed by atoms with van der Waals surface area (Å²) >= 11 is 3.42. The number of hydrogen-bond acceptors (Lipinski definition) is 4. The van der Waals surface area contributed by atoms with Crippen LogP contribution in [0.3, 0.4) is 0 Å². The fourth-order valence-electron chi connectivity index (χ4n) is 2.05. The van der Waals surface area contributed by atoms with E-state index in [0.717, 1.165) is 22.3 Å². The number of rotatable bonds is 4. The zero-order valence-corrected chi connectivity index (χ0v) is 11.6. The van der Waals surface area contributed by atoms with Crippen LogP contribution in [0.1, 0.15) is 17.7 Å². The Morgan fingerprint density at radius 2 is 2.29 bits per heavy atom. The quantitative estimate of drug-likeness (QED) is 0.800. The molecule has 0 aromatic carbocycles. The van der Waals surface area contributed by atoms with Crippen molar-refractivity contribution in [2.24, 2.45) is 0 Å². The third-order valence-corrected chi connectivity index (χ3v) is 3.41. The van der Waals surface area contributed by atoms with Gasteiger partial charge in [0, 0.05) is 27.2 Å². The first-order valence-corrected chi connectivity index (χ1v) is 6.28. The maximum atomic E-state index is 5.62. The smallest absolute Gasteiger partial charge is 0.135 e. The molecule has 1 fully saturated rings. The lowest BCUT2D eigenvalue weighted by atomic mass is 9.97. The number of aromatic nitrogens is 1. The van der Waals surface area contributed by atoms with Crippen molar-refractivity contribution < 1.29 is 14.2 Å². The van der Waals surface area contributed by atoms with E-state index in [1.807, 2.05) is 12.1 Å². The minimum Gasteiger partial charge on any atom is -0.380 e. The predicted molar refractivity (Wildman–Crippen MR) is 66.8 cm³/mol. The molecule has 1 aliphatic heterocycles. The summed E-state index contributed by atoms with van der Waals surface area (Å²) in [5.74, 6) is 0. The summed E-state index contributed by atoms with van der Waals surface area (Å²) in [5, 5.41) is 0. The Labute approximate surface area is 109 Å². The second-order valence-electron chi connectivity index (χ2n) is 4.12. The normalized spacial score (nSPS) is 24.2. The molecule has 2 heterocycles. The van der Waals surface area contributed by atoms with Crippen molar-refractivity contribution in [1.29, 1.82) is 0 Å². The van der Waals surface area contributed by atoms with E-state index in [9.17, 15) is 0 Å². The lowest BCUT2D eigenvalue weighted by molar-refractivity contribution is -0.0248. The van der Waals surface area contributed by atoms with Gasteiger partial charge in [-0.25, -0.2) is 4.98 Å². The number of hydrogen-bond donors (Lipinski definition) is 0. The van der Waals surface area contributed by atoms with Crippen LogP contribution in [0, 0.1) is 0 Å². The van der Waals surface area contributed by atoms with Crippen LogP contribution in [-0.4, -0.2) is 32.4 Å². The number of ether oxygens (including phenoxy) is 3. The molecular weight excluding hydrogens is 286 g/mol. The molecule has 94 valence electrons. The minimum atomic E-state index is -0.410. The Morgan fingerprint density at radius 3 is 2.88 bits per heavy atom. The molecule has 5 heteroatoms. The van der Waals surface area contributed by atoms with Gasteiger partial charge in [-0.1, -0.05) is 0 Å². The molecule has 1 saturated heterocycles. The van der Waals surface area contributed by atoms with Crippen LogP contribution in [-0.2, 0) is 26.4 Å².